The molecule has 0 aromatic heterocycles. The molecule has 1 heterocycles. The van der Waals surface area contributed by atoms with E-state index >= 15 is 0 Å². The molecule has 0 bridgehead atoms. The number of nitrogens with one attached hydrogen (secondary N) is 2. The predicted octanol–water partition coefficient (Wildman–Crippen LogP) is 0.941. The fourth-order valence-electron chi connectivity index (χ4n) is 1.48. The van der Waals surface area contributed by atoms with Gasteiger partial charge in [0.05, 0.1) is 6.10 Å². The van der Waals surface area contributed by atoms with E-state index in [1.165, 1.54) is 0 Å². The molecule has 4 heteroatoms. The Balaban J connectivity index is 2.25. The van der Waals surface area contributed by atoms with Gasteiger partial charge in [-0.25, -0.2) is 0 Å². The van der Waals surface area contributed by atoms with Crippen molar-refractivity contribution in [2.24, 2.45) is 5.41 Å². The molecule has 2 unspecified atom stereocenters. The van der Waals surface area contributed by atoms with Crippen LogP contribution < -0.4 is 10.6 Å². The molecule has 0 saturated carbocycles. The summed E-state index contributed by atoms with van der Waals surface area (Å²) in [6.45, 7) is 6.44. The molecule has 1 rings (SSSR count). The number of hydrogen-bond donors (Lipinski definition) is 3. The first kappa shape index (κ1) is 13.8. The molecule has 4 nitrogen and oxygen atoms in total. The second kappa shape index (κ2) is 5.87. The van der Waals surface area contributed by atoms with E-state index in [9.17, 15) is 9.90 Å². The minimum atomic E-state index is -0.405. The van der Waals surface area contributed by atoms with Crippen molar-refractivity contribution < 1.29 is 9.90 Å². The maximum Gasteiger partial charge on any atom is 0.246 e. The summed E-state index contributed by atoms with van der Waals surface area (Å²) in [7, 11) is 0. The van der Waals surface area contributed by atoms with Crippen LogP contribution in [-0.2, 0) is 4.79 Å². The Labute approximate surface area is 103 Å². The largest absolute Gasteiger partial charge is 0.393 e. The van der Waals surface area contributed by atoms with Crippen LogP contribution in [0.25, 0.3) is 0 Å². The average Bonchev–Trinajstić information content (AvgIpc) is 2.28. The van der Waals surface area contributed by atoms with Crippen molar-refractivity contribution >= 4 is 5.91 Å². The smallest absolute Gasteiger partial charge is 0.246 e. The first-order valence-corrected chi connectivity index (χ1v) is 5.96. The van der Waals surface area contributed by atoms with Crippen LogP contribution in [0.5, 0.6) is 0 Å². The van der Waals surface area contributed by atoms with Gasteiger partial charge in [0.25, 0.3) is 0 Å². The Morgan fingerprint density at radius 3 is 2.71 bits per heavy atom. The summed E-state index contributed by atoms with van der Waals surface area (Å²) >= 11 is 0. The number of aliphatic hydroxyl groups is 1. The van der Waals surface area contributed by atoms with Crippen molar-refractivity contribution in [1.29, 1.82) is 0 Å². The second-order valence-electron chi connectivity index (χ2n) is 5.35. The van der Waals surface area contributed by atoms with Gasteiger partial charge in [-0.2, -0.15) is 0 Å². The predicted molar refractivity (Wildman–Crippen MR) is 68.3 cm³/mol. The van der Waals surface area contributed by atoms with Crippen LogP contribution in [0.2, 0.25) is 0 Å². The van der Waals surface area contributed by atoms with E-state index in [1.807, 2.05) is 32.9 Å². The van der Waals surface area contributed by atoms with Crippen molar-refractivity contribution in [3.05, 3.63) is 24.4 Å². The third kappa shape index (κ3) is 4.61. The number of rotatable bonds is 4. The summed E-state index contributed by atoms with van der Waals surface area (Å²) < 4.78 is 0. The van der Waals surface area contributed by atoms with Gasteiger partial charge in [0.1, 0.15) is 6.04 Å². The molecule has 0 saturated heterocycles. The van der Waals surface area contributed by atoms with Gasteiger partial charge >= 0.3 is 0 Å². The van der Waals surface area contributed by atoms with Gasteiger partial charge in [0, 0.05) is 6.54 Å². The molecule has 17 heavy (non-hydrogen) atoms. The van der Waals surface area contributed by atoms with Crippen molar-refractivity contribution in [2.75, 3.05) is 6.54 Å². The van der Waals surface area contributed by atoms with Gasteiger partial charge < -0.3 is 15.7 Å². The first-order chi connectivity index (χ1) is 7.91. The van der Waals surface area contributed by atoms with E-state index in [0.29, 0.717) is 13.0 Å². The molecule has 0 aliphatic carbocycles. The minimum absolute atomic E-state index is 0.0632. The lowest BCUT2D eigenvalue weighted by Gasteiger charge is -2.26. The average molecular weight is 238 g/mol. The Bertz CT molecular complexity index is 316. The Hall–Kier alpha value is -1.29. The van der Waals surface area contributed by atoms with E-state index in [0.717, 1.165) is 0 Å². The standard InChI is InChI=1S/C13H22N2O2/c1-13(2,3)11(16)7-9-15-12(17)10-6-4-5-8-14-10/h4-6,8,10-11,14,16H,7,9H2,1-3H3,(H,15,17). The molecule has 0 fully saturated rings. The van der Waals surface area contributed by atoms with Crippen LogP contribution in [0.15, 0.2) is 24.4 Å². The molecule has 0 spiro atoms. The van der Waals surface area contributed by atoms with Crippen LogP contribution in [0, 0.1) is 5.41 Å². The van der Waals surface area contributed by atoms with E-state index in [-0.39, 0.29) is 17.4 Å². The molecule has 0 aromatic carbocycles. The number of hydrogen-bond acceptors (Lipinski definition) is 3. The van der Waals surface area contributed by atoms with E-state index in [1.54, 1.807) is 12.3 Å². The fourth-order valence-corrected chi connectivity index (χ4v) is 1.48. The van der Waals surface area contributed by atoms with Gasteiger partial charge in [0.2, 0.25) is 5.91 Å². The van der Waals surface area contributed by atoms with Crippen molar-refractivity contribution in [3.8, 4) is 0 Å². The Morgan fingerprint density at radius 2 is 2.18 bits per heavy atom. The molecule has 1 aliphatic heterocycles. The summed E-state index contributed by atoms with van der Waals surface area (Å²) in [4.78, 5) is 11.7. The fraction of sp³-hybridized carbons (Fsp3) is 0.615. The monoisotopic (exact) mass is 238 g/mol. The number of carbonyl (C=O) groups is 1. The maximum atomic E-state index is 11.7. The normalized spacial score (nSPS) is 20.8. The molecule has 0 aromatic rings. The zero-order valence-corrected chi connectivity index (χ0v) is 10.7. The van der Waals surface area contributed by atoms with Crippen LogP contribution in [0.3, 0.4) is 0 Å². The third-order valence-electron chi connectivity index (χ3n) is 2.79. The van der Waals surface area contributed by atoms with Crippen molar-refractivity contribution in [1.82, 2.24) is 10.6 Å². The van der Waals surface area contributed by atoms with E-state index in [4.69, 9.17) is 0 Å². The second-order valence-corrected chi connectivity index (χ2v) is 5.35. The molecule has 3 N–H and O–H groups in total. The summed E-state index contributed by atoms with van der Waals surface area (Å²) in [6, 6.07) is -0.299. The highest BCUT2D eigenvalue weighted by molar-refractivity contribution is 5.84. The maximum absolute atomic E-state index is 11.7. The molecule has 96 valence electrons. The number of aliphatic hydroxyl groups excluding tert-OH is 1. The highest BCUT2D eigenvalue weighted by Crippen LogP contribution is 2.20. The van der Waals surface area contributed by atoms with E-state index in [2.05, 4.69) is 10.6 Å². The number of allylic oxidation sites excluding steroid dienone is 2. The van der Waals surface area contributed by atoms with Gasteiger partial charge in [0.15, 0.2) is 0 Å². The molecule has 1 amide bonds. The third-order valence-corrected chi connectivity index (χ3v) is 2.79. The van der Waals surface area contributed by atoms with Crippen LogP contribution in [0.1, 0.15) is 27.2 Å². The van der Waals surface area contributed by atoms with Crippen LogP contribution >= 0.6 is 0 Å². The lowest BCUT2D eigenvalue weighted by molar-refractivity contribution is -0.122. The number of carbonyl (C=O) groups excluding carboxylic acids is 1. The summed E-state index contributed by atoms with van der Waals surface area (Å²) in [6.07, 6.45) is 7.39. The minimum Gasteiger partial charge on any atom is -0.393 e. The molecular formula is C13H22N2O2. The topological polar surface area (TPSA) is 61.4 Å². The van der Waals surface area contributed by atoms with Crippen LogP contribution in [0.4, 0.5) is 0 Å². The molecule has 1 aliphatic rings. The SMILES string of the molecule is CC(C)(C)C(O)CCNC(=O)C1C=CC=CN1. The lowest BCUT2D eigenvalue weighted by atomic mass is 9.87. The molecule has 0 radical (unpaired) electrons. The lowest BCUT2D eigenvalue weighted by Crippen LogP contribution is -2.43. The quantitative estimate of drug-likeness (QED) is 0.683. The van der Waals surface area contributed by atoms with Gasteiger partial charge in [-0.15, -0.1) is 0 Å². The van der Waals surface area contributed by atoms with Gasteiger partial charge in [-0.05, 0) is 24.1 Å². The summed E-state index contributed by atoms with van der Waals surface area (Å²) in [5.41, 5.74) is -0.142. The zero-order valence-electron chi connectivity index (χ0n) is 10.7. The number of dihydropyridines is 1. The van der Waals surface area contributed by atoms with Crippen molar-refractivity contribution in [3.63, 3.8) is 0 Å². The van der Waals surface area contributed by atoms with E-state index < -0.39 is 6.10 Å². The van der Waals surface area contributed by atoms with Crippen LogP contribution in [-0.4, -0.2) is 29.7 Å². The first-order valence-electron chi connectivity index (χ1n) is 5.96. The molecular weight excluding hydrogens is 216 g/mol. The number of amides is 1. The van der Waals surface area contributed by atoms with Gasteiger partial charge in [-0.1, -0.05) is 32.9 Å². The summed E-state index contributed by atoms with van der Waals surface area (Å²) in [5.74, 6) is -0.0632. The Kier molecular flexibility index (Phi) is 4.75. The summed E-state index contributed by atoms with van der Waals surface area (Å²) in [5, 5.41) is 15.6. The molecule has 2 atom stereocenters. The van der Waals surface area contributed by atoms with Crippen molar-refractivity contribution in [2.45, 2.75) is 39.3 Å². The highest BCUT2D eigenvalue weighted by Gasteiger charge is 2.22. The van der Waals surface area contributed by atoms with Gasteiger partial charge in [-0.3, -0.25) is 4.79 Å². The Morgan fingerprint density at radius 1 is 1.47 bits per heavy atom. The highest BCUT2D eigenvalue weighted by atomic mass is 16.3. The zero-order chi connectivity index (χ0) is 12.9.